The van der Waals surface area contributed by atoms with Gasteiger partial charge in [0.05, 0.1) is 27.6 Å². The first-order valence-electron chi connectivity index (χ1n) is 12.0. The number of furan rings is 1. The first-order chi connectivity index (χ1) is 17.9. The molecular formula is C32H19N3O. The molecule has 0 fully saturated rings. The Labute approximate surface area is 206 Å². The topological polar surface area (TPSA) is 43.9 Å². The monoisotopic (exact) mass is 461 g/mol. The zero-order valence-corrected chi connectivity index (χ0v) is 19.2. The summed E-state index contributed by atoms with van der Waals surface area (Å²) < 4.78 is 8.46. The van der Waals surface area contributed by atoms with E-state index in [0.29, 0.717) is 5.95 Å². The average molecular weight is 462 g/mol. The van der Waals surface area contributed by atoms with E-state index in [1.165, 1.54) is 0 Å². The minimum absolute atomic E-state index is 0.650. The molecule has 0 saturated heterocycles. The summed E-state index contributed by atoms with van der Waals surface area (Å²) in [5, 5.41) is 5.52. The molecule has 4 nitrogen and oxygen atoms in total. The molecule has 0 aliphatic rings. The molecule has 168 valence electrons. The van der Waals surface area contributed by atoms with E-state index in [2.05, 4.69) is 77.4 Å². The fourth-order valence-corrected chi connectivity index (χ4v) is 5.45. The van der Waals surface area contributed by atoms with Crippen molar-refractivity contribution in [2.45, 2.75) is 0 Å². The van der Waals surface area contributed by atoms with Crippen molar-refractivity contribution in [2.24, 2.45) is 0 Å². The van der Waals surface area contributed by atoms with E-state index >= 15 is 0 Å². The standard InChI is InChI=1S/C32H19N3O/c1-2-10-20(11-3-1)30-23-13-4-7-15-25(23)33-32(34-30)35-26-16-8-5-12-21(26)22-18-19-28-29(31(22)35)24-14-6-9-17-27(24)36-28/h1-19H. The second-order valence-electron chi connectivity index (χ2n) is 9.04. The van der Waals surface area contributed by atoms with Gasteiger partial charge in [-0.3, -0.25) is 4.57 Å². The molecule has 0 aliphatic carbocycles. The van der Waals surface area contributed by atoms with Crippen LogP contribution in [0, 0.1) is 0 Å². The molecule has 0 N–H and O–H groups in total. The summed E-state index contributed by atoms with van der Waals surface area (Å²) >= 11 is 0. The molecule has 0 aliphatic heterocycles. The number of para-hydroxylation sites is 3. The van der Waals surface area contributed by atoms with Gasteiger partial charge in [-0.1, -0.05) is 84.9 Å². The molecule has 0 atom stereocenters. The third-order valence-electron chi connectivity index (χ3n) is 7.01. The highest BCUT2D eigenvalue weighted by Gasteiger charge is 2.21. The van der Waals surface area contributed by atoms with Crippen LogP contribution < -0.4 is 0 Å². The van der Waals surface area contributed by atoms with Crippen LogP contribution in [0.2, 0.25) is 0 Å². The first kappa shape index (κ1) is 19.4. The Hall–Kier alpha value is -4.96. The van der Waals surface area contributed by atoms with E-state index in [-0.39, 0.29) is 0 Å². The second kappa shape index (κ2) is 7.27. The molecule has 8 aromatic rings. The average Bonchev–Trinajstić information content (AvgIpc) is 3.48. The van der Waals surface area contributed by atoms with Gasteiger partial charge in [-0.05, 0) is 30.3 Å². The van der Waals surface area contributed by atoms with Crippen molar-refractivity contribution >= 4 is 54.6 Å². The Kier molecular flexibility index (Phi) is 3.91. The normalized spacial score (nSPS) is 11.9. The molecular weight excluding hydrogens is 442 g/mol. The molecule has 5 aromatic carbocycles. The summed E-state index contributed by atoms with van der Waals surface area (Å²) in [6, 6.07) is 39.5. The van der Waals surface area contributed by atoms with Crippen LogP contribution >= 0.6 is 0 Å². The fourth-order valence-electron chi connectivity index (χ4n) is 5.45. The van der Waals surface area contributed by atoms with Crippen LogP contribution in [0.4, 0.5) is 0 Å². The van der Waals surface area contributed by atoms with Gasteiger partial charge >= 0.3 is 0 Å². The van der Waals surface area contributed by atoms with Gasteiger partial charge in [0, 0.05) is 27.1 Å². The Morgan fingerprint density at radius 3 is 2.14 bits per heavy atom. The SMILES string of the molecule is c1ccc(-c2nc(-n3c4ccccc4c4ccc5oc6ccccc6c5c43)nc3ccccc23)cc1. The van der Waals surface area contributed by atoms with E-state index in [0.717, 1.165) is 65.9 Å². The lowest BCUT2D eigenvalue weighted by molar-refractivity contribution is 0.669. The fraction of sp³-hybridized carbons (Fsp3) is 0. The summed E-state index contributed by atoms with van der Waals surface area (Å²) in [5.74, 6) is 0.650. The van der Waals surface area contributed by atoms with Gasteiger partial charge in [0.25, 0.3) is 0 Å². The Balaban J connectivity index is 1.59. The third-order valence-corrected chi connectivity index (χ3v) is 7.01. The molecule has 0 unspecified atom stereocenters. The largest absolute Gasteiger partial charge is 0.456 e. The number of hydrogen-bond acceptors (Lipinski definition) is 3. The molecule has 0 spiro atoms. The quantitative estimate of drug-likeness (QED) is 0.260. The number of rotatable bonds is 2. The number of hydrogen-bond donors (Lipinski definition) is 0. The van der Waals surface area contributed by atoms with Crippen LogP contribution in [0.15, 0.2) is 120 Å². The van der Waals surface area contributed by atoms with Gasteiger partial charge in [-0.15, -0.1) is 0 Å². The minimum Gasteiger partial charge on any atom is -0.456 e. The predicted octanol–water partition coefficient (Wildman–Crippen LogP) is 8.29. The number of aromatic nitrogens is 3. The molecule has 3 aromatic heterocycles. The molecule has 4 heteroatoms. The lowest BCUT2D eigenvalue weighted by Crippen LogP contribution is -2.03. The van der Waals surface area contributed by atoms with Crippen molar-refractivity contribution < 1.29 is 4.42 Å². The van der Waals surface area contributed by atoms with Gasteiger partial charge in [0.15, 0.2) is 0 Å². The van der Waals surface area contributed by atoms with Crippen molar-refractivity contribution in [3.63, 3.8) is 0 Å². The summed E-state index contributed by atoms with van der Waals surface area (Å²) in [7, 11) is 0. The number of fused-ring (bicyclic) bond motifs is 8. The van der Waals surface area contributed by atoms with Crippen LogP contribution in [0.25, 0.3) is 71.9 Å². The van der Waals surface area contributed by atoms with Crippen molar-refractivity contribution in [1.29, 1.82) is 0 Å². The van der Waals surface area contributed by atoms with Crippen molar-refractivity contribution in [2.75, 3.05) is 0 Å². The lowest BCUT2D eigenvalue weighted by atomic mass is 10.1. The van der Waals surface area contributed by atoms with Gasteiger partial charge in [-0.25, -0.2) is 9.97 Å². The van der Waals surface area contributed by atoms with Gasteiger partial charge in [0.1, 0.15) is 11.2 Å². The van der Waals surface area contributed by atoms with Crippen LogP contribution in [0.1, 0.15) is 0 Å². The molecule has 8 rings (SSSR count). The molecule has 0 saturated carbocycles. The minimum atomic E-state index is 0.650. The van der Waals surface area contributed by atoms with E-state index in [1.54, 1.807) is 0 Å². The predicted molar refractivity (Wildman–Crippen MR) is 147 cm³/mol. The van der Waals surface area contributed by atoms with Gasteiger partial charge in [-0.2, -0.15) is 0 Å². The third kappa shape index (κ3) is 2.64. The molecule has 0 radical (unpaired) electrons. The van der Waals surface area contributed by atoms with Crippen molar-refractivity contribution in [3.8, 4) is 17.2 Å². The van der Waals surface area contributed by atoms with Crippen LogP contribution in [-0.4, -0.2) is 14.5 Å². The highest BCUT2D eigenvalue weighted by atomic mass is 16.3. The number of nitrogens with zero attached hydrogens (tertiary/aromatic N) is 3. The molecule has 0 bridgehead atoms. The van der Waals surface area contributed by atoms with Crippen LogP contribution in [0.3, 0.4) is 0 Å². The Morgan fingerprint density at radius 2 is 1.25 bits per heavy atom. The van der Waals surface area contributed by atoms with Crippen LogP contribution in [-0.2, 0) is 0 Å². The maximum Gasteiger partial charge on any atom is 0.235 e. The molecule has 3 heterocycles. The van der Waals surface area contributed by atoms with Gasteiger partial charge in [0.2, 0.25) is 5.95 Å². The number of benzene rings is 5. The zero-order chi connectivity index (χ0) is 23.6. The maximum absolute atomic E-state index is 6.26. The summed E-state index contributed by atoms with van der Waals surface area (Å²) in [5.41, 5.74) is 6.77. The van der Waals surface area contributed by atoms with E-state index < -0.39 is 0 Å². The molecule has 0 amide bonds. The van der Waals surface area contributed by atoms with Gasteiger partial charge < -0.3 is 4.42 Å². The smallest absolute Gasteiger partial charge is 0.235 e. The van der Waals surface area contributed by atoms with E-state index in [9.17, 15) is 0 Å². The molecule has 36 heavy (non-hydrogen) atoms. The summed E-state index contributed by atoms with van der Waals surface area (Å²) in [6.45, 7) is 0. The lowest BCUT2D eigenvalue weighted by Gasteiger charge is -2.12. The second-order valence-corrected chi connectivity index (χ2v) is 9.04. The van der Waals surface area contributed by atoms with Crippen molar-refractivity contribution in [3.05, 3.63) is 115 Å². The zero-order valence-electron chi connectivity index (χ0n) is 19.2. The Morgan fingerprint density at radius 1 is 0.528 bits per heavy atom. The first-order valence-corrected chi connectivity index (χ1v) is 12.0. The highest BCUT2D eigenvalue weighted by molar-refractivity contribution is 6.24. The van der Waals surface area contributed by atoms with E-state index in [1.807, 2.05) is 42.5 Å². The summed E-state index contributed by atoms with van der Waals surface area (Å²) in [6.07, 6.45) is 0. The summed E-state index contributed by atoms with van der Waals surface area (Å²) in [4.78, 5) is 10.3. The van der Waals surface area contributed by atoms with Crippen LogP contribution in [0.5, 0.6) is 0 Å². The van der Waals surface area contributed by atoms with Crippen molar-refractivity contribution in [1.82, 2.24) is 14.5 Å². The highest BCUT2D eigenvalue weighted by Crippen LogP contribution is 2.40. The van der Waals surface area contributed by atoms with E-state index in [4.69, 9.17) is 14.4 Å². The Bertz CT molecular complexity index is 2100. The maximum atomic E-state index is 6.26.